The van der Waals surface area contributed by atoms with Gasteiger partial charge in [-0.3, -0.25) is 4.98 Å². The van der Waals surface area contributed by atoms with Gasteiger partial charge in [0.25, 0.3) is 0 Å². The molecule has 0 aliphatic carbocycles. The first kappa shape index (κ1) is 13.7. The number of nitrogens with zero attached hydrogens (tertiary/aromatic N) is 3. The normalized spacial score (nSPS) is 13.3. The summed E-state index contributed by atoms with van der Waals surface area (Å²) >= 11 is 0. The van der Waals surface area contributed by atoms with E-state index in [0.717, 1.165) is 17.9 Å². The van der Waals surface area contributed by atoms with Gasteiger partial charge in [0, 0.05) is 30.2 Å². The van der Waals surface area contributed by atoms with E-state index in [4.69, 9.17) is 0 Å². The molecule has 2 aromatic rings. The highest BCUT2D eigenvalue weighted by Crippen LogP contribution is 2.22. The molecule has 1 unspecified atom stereocenters. The van der Waals surface area contributed by atoms with Crippen molar-refractivity contribution in [2.45, 2.75) is 45.4 Å². The van der Waals surface area contributed by atoms with Gasteiger partial charge in [-0.1, -0.05) is 33.8 Å². The van der Waals surface area contributed by atoms with Crippen LogP contribution in [0.15, 0.2) is 36.8 Å². The van der Waals surface area contributed by atoms with Crippen LogP contribution in [0.25, 0.3) is 0 Å². The molecule has 3 nitrogen and oxygen atoms in total. The predicted octanol–water partition coefficient (Wildman–Crippen LogP) is 3.52. The quantitative estimate of drug-likeness (QED) is 0.842. The fraction of sp³-hybridized carbons (Fsp3) is 0.438. The van der Waals surface area contributed by atoms with Crippen molar-refractivity contribution < 1.29 is 0 Å². The summed E-state index contributed by atoms with van der Waals surface area (Å²) in [4.78, 5) is 13.1. The van der Waals surface area contributed by atoms with E-state index in [1.807, 2.05) is 12.3 Å². The van der Waals surface area contributed by atoms with Crippen molar-refractivity contribution in [1.82, 2.24) is 15.0 Å². The second-order valence-corrected chi connectivity index (χ2v) is 6.00. The molecule has 0 saturated carbocycles. The maximum Gasteiger partial charge on any atom is 0.131 e. The molecule has 0 amide bonds. The smallest absolute Gasteiger partial charge is 0.131 e. The highest BCUT2D eigenvalue weighted by molar-refractivity contribution is 5.22. The summed E-state index contributed by atoms with van der Waals surface area (Å²) in [5.41, 5.74) is 2.51. The standard InChI is InChI=1S/C16H21N3/c1-12(15-17-8-5-9-18-15)10-14-7-6-13(11-19-14)16(2,3)4/h5-9,11-12H,10H2,1-4H3. The number of hydrogen-bond donors (Lipinski definition) is 0. The third-order valence-corrected chi connectivity index (χ3v) is 3.23. The van der Waals surface area contributed by atoms with E-state index in [1.165, 1.54) is 5.56 Å². The lowest BCUT2D eigenvalue weighted by molar-refractivity contribution is 0.585. The minimum absolute atomic E-state index is 0.152. The maximum absolute atomic E-state index is 4.56. The summed E-state index contributed by atoms with van der Waals surface area (Å²) in [7, 11) is 0. The number of hydrogen-bond acceptors (Lipinski definition) is 3. The molecule has 0 N–H and O–H groups in total. The Bertz CT molecular complexity index is 512. The van der Waals surface area contributed by atoms with E-state index in [2.05, 4.69) is 54.8 Å². The van der Waals surface area contributed by atoms with Crippen LogP contribution in [0.4, 0.5) is 0 Å². The average Bonchev–Trinajstić information content (AvgIpc) is 2.39. The molecule has 100 valence electrons. The summed E-state index contributed by atoms with van der Waals surface area (Å²) in [6.45, 7) is 8.73. The summed E-state index contributed by atoms with van der Waals surface area (Å²) in [6, 6.07) is 6.12. The first-order valence-electron chi connectivity index (χ1n) is 6.69. The van der Waals surface area contributed by atoms with Crippen LogP contribution in [0, 0.1) is 0 Å². The van der Waals surface area contributed by atoms with E-state index in [1.54, 1.807) is 12.4 Å². The third kappa shape index (κ3) is 3.60. The minimum Gasteiger partial charge on any atom is -0.261 e. The van der Waals surface area contributed by atoms with E-state index in [-0.39, 0.29) is 11.3 Å². The van der Waals surface area contributed by atoms with E-state index in [9.17, 15) is 0 Å². The molecule has 2 rings (SSSR count). The average molecular weight is 255 g/mol. The molecule has 1 atom stereocenters. The van der Waals surface area contributed by atoms with Gasteiger partial charge in [-0.15, -0.1) is 0 Å². The maximum atomic E-state index is 4.56. The Morgan fingerprint density at radius 3 is 2.26 bits per heavy atom. The Hall–Kier alpha value is -1.77. The van der Waals surface area contributed by atoms with Crippen molar-refractivity contribution >= 4 is 0 Å². The molecule has 0 aromatic carbocycles. The lowest BCUT2D eigenvalue weighted by atomic mass is 9.88. The van der Waals surface area contributed by atoms with Gasteiger partial charge in [0.05, 0.1) is 0 Å². The molecular formula is C16H21N3. The fourth-order valence-electron chi connectivity index (χ4n) is 1.96. The molecule has 0 bridgehead atoms. The monoisotopic (exact) mass is 255 g/mol. The molecule has 2 aromatic heterocycles. The minimum atomic E-state index is 0.152. The van der Waals surface area contributed by atoms with Gasteiger partial charge in [-0.25, -0.2) is 9.97 Å². The van der Waals surface area contributed by atoms with Crippen LogP contribution in [-0.2, 0) is 11.8 Å². The highest BCUT2D eigenvalue weighted by Gasteiger charge is 2.15. The Labute approximate surface area is 115 Å². The zero-order valence-corrected chi connectivity index (χ0v) is 12.1. The Morgan fingerprint density at radius 1 is 1.05 bits per heavy atom. The Morgan fingerprint density at radius 2 is 1.74 bits per heavy atom. The molecule has 0 aliphatic heterocycles. The summed E-state index contributed by atoms with van der Waals surface area (Å²) < 4.78 is 0. The van der Waals surface area contributed by atoms with Gasteiger partial charge in [-0.2, -0.15) is 0 Å². The molecule has 2 heterocycles. The third-order valence-electron chi connectivity index (χ3n) is 3.23. The van der Waals surface area contributed by atoms with Crippen molar-refractivity contribution in [3.05, 3.63) is 53.9 Å². The van der Waals surface area contributed by atoms with Gasteiger partial charge < -0.3 is 0 Å². The fourth-order valence-corrected chi connectivity index (χ4v) is 1.96. The van der Waals surface area contributed by atoms with Crippen LogP contribution in [0.3, 0.4) is 0 Å². The zero-order chi connectivity index (χ0) is 13.9. The Kier molecular flexibility index (Phi) is 3.93. The van der Waals surface area contributed by atoms with Gasteiger partial charge in [-0.05, 0) is 29.5 Å². The SMILES string of the molecule is CC(Cc1ccc(C(C)(C)C)cn1)c1ncccn1. The summed E-state index contributed by atoms with van der Waals surface area (Å²) in [5, 5.41) is 0. The van der Waals surface area contributed by atoms with Crippen molar-refractivity contribution in [3.63, 3.8) is 0 Å². The number of aromatic nitrogens is 3. The van der Waals surface area contributed by atoms with Crippen molar-refractivity contribution in [2.24, 2.45) is 0 Å². The van der Waals surface area contributed by atoms with Crippen LogP contribution >= 0.6 is 0 Å². The second-order valence-electron chi connectivity index (χ2n) is 6.00. The van der Waals surface area contributed by atoms with E-state index < -0.39 is 0 Å². The topological polar surface area (TPSA) is 38.7 Å². The van der Waals surface area contributed by atoms with E-state index >= 15 is 0 Å². The summed E-state index contributed by atoms with van der Waals surface area (Å²) in [6.07, 6.45) is 6.42. The van der Waals surface area contributed by atoms with Crippen LogP contribution in [0.1, 0.15) is 50.7 Å². The van der Waals surface area contributed by atoms with Gasteiger partial charge >= 0.3 is 0 Å². The largest absolute Gasteiger partial charge is 0.261 e. The molecule has 0 aliphatic rings. The van der Waals surface area contributed by atoms with E-state index in [0.29, 0.717) is 0 Å². The van der Waals surface area contributed by atoms with Crippen LogP contribution in [0.5, 0.6) is 0 Å². The lowest BCUT2D eigenvalue weighted by Gasteiger charge is -2.18. The van der Waals surface area contributed by atoms with Crippen molar-refractivity contribution in [3.8, 4) is 0 Å². The van der Waals surface area contributed by atoms with Crippen molar-refractivity contribution in [2.75, 3.05) is 0 Å². The van der Waals surface area contributed by atoms with Gasteiger partial charge in [0.2, 0.25) is 0 Å². The van der Waals surface area contributed by atoms with Crippen LogP contribution in [0.2, 0.25) is 0 Å². The van der Waals surface area contributed by atoms with Crippen molar-refractivity contribution in [1.29, 1.82) is 0 Å². The van der Waals surface area contributed by atoms with Gasteiger partial charge in [0.15, 0.2) is 0 Å². The van der Waals surface area contributed by atoms with Crippen LogP contribution < -0.4 is 0 Å². The first-order chi connectivity index (χ1) is 8.97. The van der Waals surface area contributed by atoms with Crippen LogP contribution in [-0.4, -0.2) is 15.0 Å². The Balaban J connectivity index is 2.08. The predicted molar refractivity (Wildman–Crippen MR) is 77.1 cm³/mol. The molecule has 0 fully saturated rings. The lowest BCUT2D eigenvalue weighted by Crippen LogP contribution is -2.12. The number of rotatable bonds is 3. The highest BCUT2D eigenvalue weighted by atomic mass is 14.9. The number of pyridine rings is 1. The molecule has 3 heteroatoms. The molecule has 19 heavy (non-hydrogen) atoms. The molecule has 0 spiro atoms. The zero-order valence-electron chi connectivity index (χ0n) is 12.1. The van der Waals surface area contributed by atoms with Gasteiger partial charge in [0.1, 0.15) is 5.82 Å². The second kappa shape index (κ2) is 5.47. The molecule has 0 radical (unpaired) electrons. The molecular weight excluding hydrogens is 234 g/mol. The summed E-state index contributed by atoms with van der Waals surface area (Å²) in [5.74, 6) is 1.17. The molecule has 0 saturated heterocycles. The first-order valence-corrected chi connectivity index (χ1v) is 6.69.